The van der Waals surface area contributed by atoms with E-state index in [2.05, 4.69) is 10.3 Å². The summed E-state index contributed by atoms with van der Waals surface area (Å²) in [5.41, 5.74) is 7.72. The lowest BCUT2D eigenvalue weighted by Crippen LogP contribution is -2.31. The molecule has 21 heavy (non-hydrogen) atoms. The van der Waals surface area contributed by atoms with Crippen LogP contribution < -0.4 is 11.1 Å². The Morgan fingerprint density at radius 2 is 2.43 bits per heavy atom. The van der Waals surface area contributed by atoms with E-state index in [0.717, 1.165) is 28.8 Å². The average molecular weight is 305 g/mol. The first kappa shape index (κ1) is 14.3. The minimum atomic E-state index is -0.117. The van der Waals surface area contributed by atoms with Crippen LogP contribution in [0.15, 0.2) is 12.3 Å². The summed E-state index contributed by atoms with van der Waals surface area (Å²) in [5.74, 6) is 0.262. The van der Waals surface area contributed by atoms with Gasteiger partial charge in [-0.1, -0.05) is 0 Å². The minimum Gasteiger partial charge on any atom is -0.397 e. The highest BCUT2D eigenvalue weighted by Crippen LogP contribution is 2.34. The molecule has 2 aromatic heterocycles. The summed E-state index contributed by atoms with van der Waals surface area (Å²) in [6, 6.07) is 1.91. The summed E-state index contributed by atoms with van der Waals surface area (Å²) < 4.78 is 5.51. The summed E-state index contributed by atoms with van der Waals surface area (Å²) in [6.07, 6.45) is 2.94. The van der Waals surface area contributed by atoms with Gasteiger partial charge in [0, 0.05) is 30.7 Å². The van der Waals surface area contributed by atoms with Crippen molar-refractivity contribution in [3.63, 3.8) is 0 Å². The van der Waals surface area contributed by atoms with Crippen LogP contribution in [-0.4, -0.2) is 30.1 Å². The van der Waals surface area contributed by atoms with Crippen molar-refractivity contribution in [3.05, 3.63) is 22.7 Å². The van der Waals surface area contributed by atoms with Gasteiger partial charge < -0.3 is 15.8 Å². The number of amides is 1. The number of aromatic nitrogens is 1. The summed E-state index contributed by atoms with van der Waals surface area (Å²) in [5, 5.41) is 3.87. The Kier molecular flexibility index (Phi) is 3.82. The number of nitrogens with one attached hydrogen (secondary N) is 1. The number of thiophene rings is 1. The topological polar surface area (TPSA) is 77.2 Å². The third kappa shape index (κ3) is 2.61. The van der Waals surface area contributed by atoms with E-state index in [0.29, 0.717) is 23.0 Å². The Balaban J connectivity index is 1.78. The Hall–Kier alpha value is -1.66. The van der Waals surface area contributed by atoms with Crippen LogP contribution >= 0.6 is 11.3 Å². The highest BCUT2D eigenvalue weighted by Gasteiger charge is 2.25. The van der Waals surface area contributed by atoms with Crippen LogP contribution in [0.3, 0.4) is 0 Å². The number of nitrogens with two attached hydrogens (primary N) is 1. The van der Waals surface area contributed by atoms with Crippen molar-refractivity contribution in [2.24, 2.45) is 5.92 Å². The summed E-state index contributed by atoms with van der Waals surface area (Å²) >= 11 is 1.35. The smallest absolute Gasteiger partial charge is 0.263 e. The number of pyridine rings is 1. The zero-order chi connectivity index (χ0) is 15.0. The largest absolute Gasteiger partial charge is 0.397 e. The molecule has 0 radical (unpaired) electrons. The minimum absolute atomic E-state index is 0.117. The van der Waals surface area contributed by atoms with Gasteiger partial charge >= 0.3 is 0 Å². The monoisotopic (exact) mass is 305 g/mol. The van der Waals surface area contributed by atoms with Gasteiger partial charge in [-0.25, -0.2) is 4.98 Å². The number of hydrogen-bond acceptors (Lipinski definition) is 5. The molecule has 2 unspecified atom stereocenters. The molecule has 5 nitrogen and oxygen atoms in total. The van der Waals surface area contributed by atoms with Gasteiger partial charge in [0.2, 0.25) is 0 Å². The second-order valence-electron chi connectivity index (χ2n) is 5.49. The van der Waals surface area contributed by atoms with Crippen LogP contribution in [0.2, 0.25) is 0 Å². The maximum Gasteiger partial charge on any atom is 0.263 e. The summed E-state index contributed by atoms with van der Waals surface area (Å²) in [6.45, 7) is 5.42. The quantitative estimate of drug-likeness (QED) is 0.912. The molecule has 2 aromatic rings. The number of nitrogens with zero attached hydrogens (tertiary/aromatic N) is 1. The number of nitrogen functional groups attached to an aromatic ring is 1. The van der Waals surface area contributed by atoms with Gasteiger partial charge in [0.25, 0.3) is 5.91 Å². The highest BCUT2D eigenvalue weighted by molar-refractivity contribution is 7.21. The van der Waals surface area contributed by atoms with Crippen molar-refractivity contribution in [2.75, 3.05) is 18.9 Å². The van der Waals surface area contributed by atoms with Gasteiger partial charge in [-0.3, -0.25) is 4.79 Å². The van der Waals surface area contributed by atoms with Crippen LogP contribution in [-0.2, 0) is 4.74 Å². The van der Waals surface area contributed by atoms with E-state index in [1.807, 2.05) is 19.9 Å². The fraction of sp³-hybridized carbons (Fsp3) is 0.467. The molecule has 0 aromatic carbocycles. The van der Waals surface area contributed by atoms with Gasteiger partial charge in [0.15, 0.2) is 0 Å². The molecule has 3 rings (SSSR count). The maximum absolute atomic E-state index is 12.4. The van der Waals surface area contributed by atoms with Gasteiger partial charge in [-0.2, -0.15) is 0 Å². The molecule has 1 aliphatic rings. The molecule has 0 aliphatic carbocycles. The number of rotatable bonds is 3. The zero-order valence-corrected chi connectivity index (χ0v) is 13.0. The second-order valence-corrected chi connectivity index (χ2v) is 6.49. The van der Waals surface area contributed by atoms with E-state index >= 15 is 0 Å². The fourth-order valence-corrected chi connectivity index (χ4v) is 3.78. The number of ether oxygens (including phenoxy) is 1. The molecule has 1 amide bonds. The lowest BCUT2D eigenvalue weighted by molar-refractivity contribution is 0.0911. The van der Waals surface area contributed by atoms with Gasteiger partial charge in [-0.15, -0.1) is 11.3 Å². The molecule has 2 atom stereocenters. The van der Waals surface area contributed by atoms with Gasteiger partial charge in [0.05, 0.1) is 11.8 Å². The van der Waals surface area contributed by atoms with E-state index in [9.17, 15) is 4.79 Å². The van der Waals surface area contributed by atoms with Crippen molar-refractivity contribution >= 4 is 33.1 Å². The first-order valence-corrected chi connectivity index (χ1v) is 7.93. The maximum atomic E-state index is 12.4. The van der Waals surface area contributed by atoms with Crippen molar-refractivity contribution in [1.82, 2.24) is 10.3 Å². The van der Waals surface area contributed by atoms with Gasteiger partial charge in [0.1, 0.15) is 9.71 Å². The lowest BCUT2D eigenvalue weighted by atomic mass is 10.0. The van der Waals surface area contributed by atoms with E-state index < -0.39 is 0 Å². The number of carbonyl (C=O) groups excluding carboxylic acids is 1. The third-order valence-corrected chi connectivity index (χ3v) is 5.21. The highest BCUT2D eigenvalue weighted by atomic mass is 32.1. The molecule has 0 bridgehead atoms. The average Bonchev–Trinajstić information content (AvgIpc) is 3.01. The van der Waals surface area contributed by atoms with E-state index in [1.54, 1.807) is 6.20 Å². The molecular formula is C15H19N3O2S. The van der Waals surface area contributed by atoms with Crippen LogP contribution in [0.5, 0.6) is 0 Å². The molecule has 112 valence electrons. The van der Waals surface area contributed by atoms with Gasteiger partial charge in [-0.05, 0) is 31.9 Å². The number of aryl methyl sites for hydroxylation is 1. The molecule has 0 saturated carbocycles. The number of carbonyl (C=O) groups is 1. The number of anilines is 1. The third-order valence-electron chi connectivity index (χ3n) is 4.10. The Labute approximate surface area is 127 Å². The summed E-state index contributed by atoms with van der Waals surface area (Å²) in [7, 11) is 0. The summed E-state index contributed by atoms with van der Waals surface area (Å²) in [4.78, 5) is 18.0. The SMILES string of the molecule is Cc1ccnc2sc(C(=O)NCC3CCOC3C)c(N)c12. The van der Waals surface area contributed by atoms with Crippen LogP contribution in [0.4, 0.5) is 5.69 Å². The van der Waals surface area contributed by atoms with Crippen LogP contribution in [0.25, 0.3) is 10.2 Å². The number of fused-ring (bicyclic) bond motifs is 1. The molecule has 3 heterocycles. The Morgan fingerprint density at radius 1 is 1.62 bits per heavy atom. The van der Waals surface area contributed by atoms with Crippen LogP contribution in [0.1, 0.15) is 28.6 Å². The predicted octanol–water partition coefficient (Wildman–Crippen LogP) is 2.34. The molecule has 1 aliphatic heterocycles. The molecule has 3 N–H and O–H groups in total. The van der Waals surface area contributed by atoms with Crippen molar-refractivity contribution in [2.45, 2.75) is 26.4 Å². The number of hydrogen-bond donors (Lipinski definition) is 2. The second kappa shape index (κ2) is 5.61. The molecule has 0 spiro atoms. The first-order valence-electron chi connectivity index (χ1n) is 7.11. The molecule has 6 heteroatoms. The fourth-order valence-electron chi connectivity index (χ4n) is 2.72. The van der Waals surface area contributed by atoms with Crippen molar-refractivity contribution < 1.29 is 9.53 Å². The first-order chi connectivity index (χ1) is 10.1. The van der Waals surface area contributed by atoms with Crippen molar-refractivity contribution in [1.29, 1.82) is 0 Å². The van der Waals surface area contributed by atoms with E-state index in [1.165, 1.54) is 11.3 Å². The van der Waals surface area contributed by atoms with E-state index in [-0.39, 0.29) is 12.0 Å². The normalized spacial score (nSPS) is 21.8. The Bertz CT molecular complexity index is 683. The predicted molar refractivity (Wildman–Crippen MR) is 84.6 cm³/mol. The lowest BCUT2D eigenvalue weighted by Gasteiger charge is -2.14. The Morgan fingerprint density at radius 3 is 3.10 bits per heavy atom. The molecule has 1 fully saturated rings. The standard InChI is InChI=1S/C15H19N3O2S/c1-8-3-5-17-15-11(8)12(16)13(21-15)14(19)18-7-10-4-6-20-9(10)2/h3,5,9-10H,4,6-7,16H2,1-2H3,(H,18,19). The zero-order valence-electron chi connectivity index (χ0n) is 12.2. The molecule has 1 saturated heterocycles. The van der Waals surface area contributed by atoms with Crippen molar-refractivity contribution in [3.8, 4) is 0 Å². The van der Waals surface area contributed by atoms with Crippen LogP contribution in [0, 0.1) is 12.8 Å². The van der Waals surface area contributed by atoms with E-state index in [4.69, 9.17) is 10.5 Å². The molecular weight excluding hydrogens is 286 g/mol.